The van der Waals surface area contributed by atoms with Gasteiger partial charge in [0.2, 0.25) is 11.7 Å². The number of halogens is 1. The molecule has 0 bridgehead atoms. The number of imidazole rings is 1. The van der Waals surface area contributed by atoms with Crippen molar-refractivity contribution in [3.63, 3.8) is 0 Å². The van der Waals surface area contributed by atoms with Crippen LogP contribution in [0.4, 0.5) is 15.8 Å². The summed E-state index contributed by atoms with van der Waals surface area (Å²) in [6.45, 7) is 3.67. The zero-order valence-electron chi connectivity index (χ0n) is 20.5. The molecule has 1 amide bonds. The third kappa shape index (κ3) is 4.38. The summed E-state index contributed by atoms with van der Waals surface area (Å²) in [6.07, 6.45) is 0.495. The van der Waals surface area contributed by atoms with Gasteiger partial charge in [-0.25, -0.2) is 13.8 Å². The molecule has 5 aromatic rings. The van der Waals surface area contributed by atoms with Gasteiger partial charge in [-0.3, -0.25) is 9.59 Å². The molecule has 0 aliphatic rings. The first kappa shape index (κ1) is 24.0. The first-order valence-electron chi connectivity index (χ1n) is 12.0. The molecule has 0 spiro atoms. The van der Waals surface area contributed by atoms with Gasteiger partial charge in [0.1, 0.15) is 12.4 Å². The smallest absolute Gasteiger partial charge is 0.267 e. The van der Waals surface area contributed by atoms with Gasteiger partial charge in [-0.15, -0.1) is 0 Å². The molecule has 0 saturated heterocycles. The first-order valence-corrected chi connectivity index (χ1v) is 12.0. The van der Waals surface area contributed by atoms with Gasteiger partial charge in [-0.2, -0.15) is 0 Å². The van der Waals surface area contributed by atoms with Gasteiger partial charge >= 0.3 is 0 Å². The van der Waals surface area contributed by atoms with Gasteiger partial charge in [0.25, 0.3) is 5.56 Å². The number of anilines is 2. The molecule has 5 rings (SSSR count). The van der Waals surface area contributed by atoms with Crippen molar-refractivity contribution in [2.75, 3.05) is 11.1 Å². The van der Waals surface area contributed by atoms with Crippen LogP contribution in [0.2, 0.25) is 0 Å². The van der Waals surface area contributed by atoms with Gasteiger partial charge in [0, 0.05) is 22.6 Å². The van der Waals surface area contributed by atoms with E-state index in [1.165, 1.54) is 24.3 Å². The minimum absolute atomic E-state index is 0.0929. The predicted molar refractivity (Wildman–Crippen MR) is 144 cm³/mol. The standard InChI is InChI=1S/C29H26FN5O2/c1-3-24-26(19-9-5-4-6-10-19)28(37)35-27(22-11-7-8-12-23(22)31)18(2)32-29(35)34(24)17-25(36)33-21-15-13-20(30)14-16-21/h4-16H,3,17,31H2,1-2H3,(H,33,36). The van der Waals surface area contributed by atoms with Crippen molar-refractivity contribution in [1.29, 1.82) is 0 Å². The van der Waals surface area contributed by atoms with Crippen LogP contribution >= 0.6 is 0 Å². The Labute approximate surface area is 213 Å². The van der Waals surface area contributed by atoms with E-state index in [1.807, 2.05) is 62.4 Å². The van der Waals surface area contributed by atoms with Crippen molar-refractivity contribution in [2.45, 2.75) is 26.8 Å². The summed E-state index contributed by atoms with van der Waals surface area (Å²) >= 11 is 0. The third-order valence-corrected chi connectivity index (χ3v) is 6.35. The number of para-hydroxylation sites is 1. The molecule has 37 heavy (non-hydrogen) atoms. The Morgan fingerprint density at radius 3 is 2.35 bits per heavy atom. The van der Waals surface area contributed by atoms with Crippen LogP contribution in [0.15, 0.2) is 83.7 Å². The second-order valence-electron chi connectivity index (χ2n) is 8.76. The predicted octanol–water partition coefficient (Wildman–Crippen LogP) is 5.06. The minimum Gasteiger partial charge on any atom is -0.398 e. The van der Waals surface area contributed by atoms with Gasteiger partial charge in [0.15, 0.2) is 0 Å². The number of benzene rings is 3. The highest BCUT2D eigenvalue weighted by Gasteiger charge is 2.24. The number of fused-ring (bicyclic) bond motifs is 1. The van der Waals surface area contributed by atoms with E-state index in [2.05, 4.69) is 5.32 Å². The quantitative estimate of drug-likeness (QED) is 0.322. The minimum atomic E-state index is -0.388. The molecule has 8 heteroatoms. The molecule has 186 valence electrons. The largest absolute Gasteiger partial charge is 0.398 e. The Kier molecular flexibility index (Phi) is 6.31. The van der Waals surface area contributed by atoms with Crippen LogP contribution in [0.25, 0.3) is 28.2 Å². The number of nitrogens with two attached hydrogens (primary N) is 1. The lowest BCUT2D eigenvalue weighted by molar-refractivity contribution is -0.116. The molecule has 3 aromatic carbocycles. The second-order valence-corrected chi connectivity index (χ2v) is 8.76. The third-order valence-electron chi connectivity index (χ3n) is 6.35. The summed E-state index contributed by atoms with van der Waals surface area (Å²) in [5, 5.41) is 2.81. The highest BCUT2D eigenvalue weighted by molar-refractivity contribution is 5.91. The van der Waals surface area contributed by atoms with Crippen LogP contribution < -0.4 is 16.6 Å². The Hall–Kier alpha value is -4.72. The summed E-state index contributed by atoms with van der Waals surface area (Å²) in [4.78, 5) is 32.0. The maximum absolute atomic E-state index is 14.1. The van der Waals surface area contributed by atoms with Gasteiger partial charge in [-0.1, -0.05) is 55.5 Å². The van der Waals surface area contributed by atoms with Crippen LogP contribution in [0.1, 0.15) is 18.3 Å². The molecule has 2 aromatic heterocycles. The van der Waals surface area contributed by atoms with Crippen LogP contribution in [-0.4, -0.2) is 19.9 Å². The number of aryl methyl sites for hydroxylation is 1. The average molecular weight is 496 g/mol. The molecule has 0 aliphatic heterocycles. The second kappa shape index (κ2) is 9.73. The van der Waals surface area contributed by atoms with Crippen molar-refractivity contribution >= 4 is 23.1 Å². The van der Waals surface area contributed by atoms with Crippen LogP contribution in [-0.2, 0) is 17.8 Å². The van der Waals surface area contributed by atoms with Crippen molar-refractivity contribution < 1.29 is 9.18 Å². The number of nitrogens with zero attached hydrogens (tertiary/aromatic N) is 3. The normalized spacial score (nSPS) is 11.1. The first-order chi connectivity index (χ1) is 17.9. The molecule has 2 heterocycles. The topological polar surface area (TPSA) is 94.4 Å². The maximum Gasteiger partial charge on any atom is 0.267 e. The van der Waals surface area contributed by atoms with Crippen LogP contribution in [0.3, 0.4) is 0 Å². The Bertz CT molecular complexity index is 1670. The van der Waals surface area contributed by atoms with Crippen molar-refractivity contribution in [3.05, 3.63) is 106 Å². The SMILES string of the molecule is CCc1c(-c2ccccc2)c(=O)n2c(-c3ccccc3N)c(C)nc2n1CC(=O)Nc1ccc(F)cc1. The Balaban J connectivity index is 1.76. The van der Waals surface area contributed by atoms with E-state index in [-0.39, 0.29) is 23.8 Å². The molecular weight excluding hydrogens is 469 g/mol. The van der Waals surface area contributed by atoms with E-state index in [9.17, 15) is 14.0 Å². The monoisotopic (exact) mass is 495 g/mol. The molecule has 7 nitrogen and oxygen atoms in total. The summed E-state index contributed by atoms with van der Waals surface area (Å²) in [6, 6.07) is 22.3. The van der Waals surface area contributed by atoms with E-state index >= 15 is 0 Å². The van der Waals surface area contributed by atoms with E-state index in [4.69, 9.17) is 10.7 Å². The van der Waals surface area contributed by atoms with Crippen LogP contribution in [0, 0.1) is 12.7 Å². The summed E-state index contributed by atoms with van der Waals surface area (Å²) < 4.78 is 16.7. The number of nitrogens with one attached hydrogen (secondary N) is 1. The maximum atomic E-state index is 14.1. The number of nitrogen functional groups attached to an aromatic ring is 1. The number of rotatable bonds is 6. The molecular formula is C29H26FN5O2. The molecule has 0 aliphatic carbocycles. The lowest BCUT2D eigenvalue weighted by atomic mass is 10.0. The molecule has 0 unspecified atom stereocenters. The number of aromatic nitrogens is 3. The fraction of sp³-hybridized carbons (Fsp3) is 0.138. The zero-order valence-corrected chi connectivity index (χ0v) is 20.5. The lowest BCUT2D eigenvalue weighted by Crippen LogP contribution is -2.28. The van der Waals surface area contributed by atoms with E-state index in [0.717, 1.165) is 5.56 Å². The fourth-order valence-corrected chi connectivity index (χ4v) is 4.71. The van der Waals surface area contributed by atoms with E-state index in [1.54, 1.807) is 15.0 Å². The molecule has 0 saturated carbocycles. The molecule has 0 atom stereocenters. The number of hydrogen-bond donors (Lipinski definition) is 2. The van der Waals surface area contributed by atoms with Crippen molar-refractivity contribution in [2.24, 2.45) is 0 Å². The van der Waals surface area contributed by atoms with Crippen LogP contribution in [0.5, 0.6) is 0 Å². The summed E-state index contributed by atoms with van der Waals surface area (Å²) in [5.74, 6) is -0.361. The molecule has 3 N–H and O–H groups in total. The Morgan fingerprint density at radius 1 is 1.00 bits per heavy atom. The molecule has 0 fully saturated rings. The number of amides is 1. The highest BCUT2D eigenvalue weighted by atomic mass is 19.1. The summed E-state index contributed by atoms with van der Waals surface area (Å²) in [7, 11) is 0. The number of hydrogen-bond acceptors (Lipinski definition) is 4. The van der Waals surface area contributed by atoms with Gasteiger partial charge in [0.05, 0.1) is 17.0 Å². The molecule has 0 radical (unpaired) electrons. The number of carbonyl (C=O) groups is 1. The van der Waals surface area contributed by atoms with E-state index in [0.29, 0.717) is 51.8 Å². The lowest BCUT2D eigenvalue weighted by Gasteiger charge is -2.19. The van der Waals surface area contributed by atoms with Gasteiger partial charge in [-0.05, 0) is 49.2 Å². The van der Waals surface area contributed by atoms with E-state index < -0.39 is 0 Å². The van der Waals surface area contributed by atoms with Gasteiger partial charge < -0.3 is 15.6 Å². The number of carbonyl (C=O) groups excluding carboxylic acids is 1. The fourth-order valence-electron chi connectivity index (χ4n) is 4.71. The zero-order chi connectivity index (χ0) is 26.1. The van der Waals surface area contributed by atoms with Crippen molar-refractivity contribution in [3.8, 4) is 22.4 Å². The average Bonchev–Trinajstić information content (AvgIpc) is 3.24. The Morgan fingerprint density at radius 2 is 1.68 bits per heavy atom. The van der Waals surface area contributed by atoms with Crippen molar-refractivity contribution in [1.82, 2.24) is 14.0 Å². The summed E-state index contributed by atoms with van der Waals surface area (Å²) in [5.41, 5.74) is 10.9. The highest BCUT2D eigenvalue weighted by Crippen LogP contribution is 2.31.